The molecule has 3 aromatic carbocycles. The summed E-state index contributed by atoms with van der Waals surface area (Å²) in [6.45, 7) is 2.13. The summed E-state index contributed by atoms with van der Waals surface area (Å²) in [6.07, 6.45) is 0. The van der Waals surface area contributed by atoms with Gasteiger partial charge in [0.05, 0.1) is 23.9 Å². The topological polar surface area (TPSA) is 94.4 Å². The van der Waals surface area contributed by atoms with Crippen molar-refractivity contribution in [2.45, 2.75) is 13.0 Å². The molecule has 2 amide bonds. The van der Waals surface area contributed by atoms with E-state index in [1.54, 1.807) is 19.1 Å². The van der Waals surface area contributed by atoms with Crippen molar-refractivity contribution in [2.75, 3.05) is 6.61 Å². The molecule has 3 N–H and O–H groups in total. The predicted molar refractivity (Wildman–Crippen MR) is 118 cm³/mol. The molecule has 0 aliphatic carbocycles. The van der Waals surface area contributed by atoms with Crippen molar-refractivity contribution in [2.24, 2.45) is 0 Å². The van der Waals surface area contributed by atoms with Crippen molar-refractivity contribution in [3.8, 4) is 17.6 Å². The first-order valence-corrected chi connectivity index (χ1v) is 9.94. The fourth-order valence-corrected chi connectivity index (χ4v) is 3.72. The third-order valence-corrected chi connectivity index (χ3v) is 5.07. The van der Waals surface area contributed by atoms with Gasteiger partial charge in [-0.1, -0.05) is 60.7 Å². The number of phenolic OH excluding ortho intramolecular Hbond substituents is 1. The molecule has 4 rings (SSSR count). The Kier molecular flexibility index (Phi) is 5.59. The maximum Gasteiger partial charge on any atom is 0.320 e. The molecular formula is C25H21N3O3. The van der Waals surface area contributed by atoms with E-state index in [1.807, 2.05) is 66.7 Å². The molecule has 154 valence electrons. The first-order valence-electron chi connectivity index (χ1n) is 9.94. The van der Waals surface area contributed by atoms with Crippen LogP contribution in [-0.4, -0.2) is 17.7 Å². The SMILES string of the molecule is CCOc1cc(C2NC(=O)NC(c3ccccc3)=C2c2ccccc2)cc(C#N)c1O. The lowest BCUT2D eigenvalue weighted by atomic mass is 9.87. The number of urea groups is 1. The molecule has 0 fully saturated rings. The number of ether oxygens (including phenoxy) is 1. The molecule has 0 saturated heterocycles. The zero-order chi connectivity index (χ0) is 21.8. The fourth-order valence-electron chi connectivity index (χ4n) is 3.72. The van der Waals surface area contributed by atoms with Gasteiger partial charge in [-0.15, -0.1) is 0 Å². The van der Waals surface area contributed by atoms with Crippen LogP contribution in [0.4, 0.5) is 4.79 Å². The van der Waals surface area contributed by atoms with Gasteiger partial charge in [0.15, 0.2) is 11.5 Å². The molecule has 1 unspecified atom stereocenters. The molecule has 0 bridgehead atoms. The van der Waals surface area contributed by atoms with E-state index in [1.165, 1.54) is 0 Å². The number of amides is 2. The Morgan fingerprint density at radius 2 is 1.68 bits per heavy atom. The lowest BCUT2D eigenvalue weighted by molar-refractivity contribution is 0.242. The Hall–Kier alpha value is -4.24. The van der Waals surface area contributed by atoms with E-state index in [4.69, 9.17) is 4.74 Å². The Morgan fingerprint density at radius 3 is 2.29 bits per heavy atom. The van der Waals surface area contributed by atoms with Crippen molar-refractivity contribution in [1.29, 1.82) is 5.26 Å². The summed E-state index contributed by atoms with van der Waals surface area (Å²) in [4.78, 5) is 12.6. The Bertz CT molecular complexity index is 1180. The van der Waals surface area contributed by atoms with Gasteiger partial charge in [0.1, 0.15) is 6.07 Å². The summed E-state index contributed by atoms with van der Waals surface area (Å²) in [5, 5.41) is 25.8. The monoisotopic (exact) mass is 411 g/mol. The van der Waals surface area contributed by atoms with E-state index in [-0.39, 0.29) is 23.1 Å². The average Bonchev–Trinajstić information content (AvgIpc) is 2.81. The molecule has 3 aromatic rings. The molecule has 6 nitrogen and oxygen atoms in total. The Labute approximate surface area is 180 Å². The van der Waals surface area contributed by atoms with E-state index in [9.17, 15) is 15.2 Å². The van der Waals surface area contributed by atoms with E-state index >= 15 is 0 Å². The van der Waals surface area contributed by atoms with Crippen LogP contribution in [0.1, 0.15) is 35.2 Å². The second kappa shape index (κ2) is 8.64. The van der Waals surface area contributed by atoms with E-state index in [0.29, 0.717) is 17.9 Å². The third-order valence-electron chi connectivity index (χ3n) is 5.07. The van der Waals surface area contributed by atoms with Gasteiger partial charge in [0.25, 0.3) is 0 Å². The normalized spacial score (nSPS) is 15.6. The van der Waals surface area contributed by atoms with Crippen LogP contribution < -0.4 is 15.4 Å². The quantitative estimate of drug-likeness (QED) is 0.573. The first-order chi connectivity index (χ1) is 15.1. The molecular weight excluding hydrogens is 390 g/mol. The number of nitrogens with zero attached hydrogens (tertiary/aromatic N) is 1. The highest BCUT2D eigenvalue weighted by Gasteiger charge is 2.31. The van der Waals surface area contributed by atoms with Crippen molar-refractivity contribution in [1.82, 2.24) is 10.6 Å². The number of benzene rings is 3. The first kappa shape index (κ1) is 20.0. The van der Waals surface area contributed by atoms with Gasteiger partial charge in [-0.25, -0.2) is 4.79 Å². The molecule has 31 heavy (non-hydrogen) atoms. The zero-order valence-corrected chi connectivity index (χ0v) is 16.9. The number of nitriles is 1. The van der Waals surface area contributed by atoms with Crippen molar-refractivity contribution in [3.63, 3.8) is 0 Å². The molecule has 0 aromatic heterocycles. The van der Waals surface area contributed by atoms with Crippen LogP contribution in [0.15, 0.2) is 72.8 Å². The average molecular weight is 411 g/mol. The largest absolute Gasteiger partial charge is 0.503 e. The molecule has 1 aliphatic rings. The lowest BCUT2D eigenvalue weighted by Gasteiger charge is -2.31. The summed E-state index contributed by atoms with van der Waals surface area (Å²) in [7, 11) is 0. The molecule has 1 heterocycles. The Morgan fingerprint density at radius 1 is 1.03 bits per heavy atom. The predicted octanol–water partition coefficient (Wildman–Crippen LogP) is 4.58. The highest BCUT2D eigenvalue weighted by Crippen LogP contribution is 2.41. The number of nitrogens with one attached hydrogen (secondary N) is 2. The summed E-state index contributed by atoms with van der Waals surface area (Å²) in [5.41, 5.74) is 4.05. The van der Waals surface area contributed by atoms with E-state index in [2.05, 4.69) is 10.6 Å². The minimum atomic E-state index is -0.557. The number of aromatic hydroxyl groups is 1. The van der Waals surface area contributed by atoms with Crippen LogP contribution in [-0.2, 0) is 0 Å². The summed E-state index contributed by atoms with van der Waals surface area (Å²) in [6, 6.07) is 23.7. The standard InChI is InChI=1S/C25H21N3O3/c1-2-31-20-14-18(13-19(15-26)24(20)29)23-21(16-9-5-3-6-10-16)22(27-25(30)28-23)17-11-7-4-8-12-17/h3-14,23,29H,2H2,1H3,(H2,27,28,30). The Balaban J connectivity index is 1.97. The van der Waals surface area contributed by atoms with Gasteiger partial charge in [0.2, 0.25) is 0 Å². The smallest absolute Gasteiger partial charge is 0.320 e. The second-order valence-electron chi connectivity index (χ2n) is 7.01. The molecule has 6 heteroatoms. The summed E-state index contributed by atoms with van der Waals surface area (Å²) < 4.78 is 5.54. The minimum Gasteiger partial charge on any atom is -0.503 e. The minimum absolute atomic E-state index is 0.0856. The van der Waals surface area contributed by atoms with E-state index in [0.717, 1.165) is 16.7 Å². The van der Waals surface area contributed by atoms with Gasteiger partial charge in [-0.2, -0.15) is 5.26 Å². The van der Waals surface area contributed by atoms with Crippen LogP contribution in [0.25, 0.3) is 11.3 Å². The van der Waals surface area contributed by atoms with Crippen LogP contribution >= 0.6 is 0 Å². The molecule has 1 aliphatic heterocycles. The number of carbonyl (C=O) groups excluding carboxylic acids is 1. The summed E-state index contributed by atoms with van der Waals surface area (Å²) in [5.74, 6) is -0.000103. The summed E-state index contributed by atoms with van der Waals surface area (Å²) >= 11 is 0. The van der Waals surface area contributed by atoms with Crippen LogP contribution in [0.5, 0.6) is 11.5 Å². The lowest BCUT2D eigenvalue weighted by Crippen LogP contribution is -2.43. The molecule has 0 spiro atoms. The van der Waals surface area contributed by atoms with Gasteiger partial charge in [-0.05, 0) is 35.7 Å². The number of rotatable bonds is 5. The van der Waals surface area contributed by atoms with Crippen molar-refractivity contribution >= 4 is 17.3 Å². The van der Waals surface area contributed by atoms with Crippen LogP contribution in [0, 0.1) is 11.3 Å². The zero-order valence-electron chi connectivity index (χ0n) is 16.9. The second-order valence-corrected chi connectivity index (χ2v) is 7.01. The maximum atomic E-state index is 12.6. The number of carbonyl (C=O) groups is 1. The highest BCUT2D eigenvalue weighted by molar-refractivity contribution is 6.03. The highest BCUT2D eigenvalue weighted by atomic mass is 16.5. The number of hydrogen-bond donors (Lipinski definition) is 3. The van der Waals surface area contributed by atoms with Gasteiger partial charge in [0, 0.05) is 5.57 Å². The van der Waals surface area contributed by atoms with Gasteiger partial charge in [-0.3, -0.25) is 0 Å². The molecule has 0 saturated carbocycles. The fraction of sp³-hybridized carbons (Fsp3) is 0.120. The maximum absolute atomic E-state index is 12.6. The van der Waals surface area contributed by atoms with Crippen molar-refractivity contribution < 1.29 is 14.6 Å². The third kappa shape index (κ3) is 3.94. The van der Waals surface area contributed by atoms with Crippen LogP contribution in [0.3, 0.4) is 0 Å². The number of hydrogen-bond acceptors (Lipinski definition) is 4. The number of phenols is 1. The van der Waals surface area contributed by atoms with Crippen LogP contribution in [0.2, 0.25) is 0 Å². The van der Waals surface area contributed by atoms with Crippen molar-refractivity contribution in [3.05, 3.63) is 95.1 Å². The van der Waals surface area contributed by atoms with Gasteiger partial charge < -0.3 is 20.5 Å². The molecule has 1 atom stereocenters. The van der Waals surface area contributed by atoms with Gasteiger partial charge >= 0.3 is 6.03 Å². The molecule has 0 radical (unpaired) electrons. The van der Waals surface area contributed by atoms with E-state index < -0.39 is 6.04 Å².